The zero-order valence-electron chi connectivity index (χ0n) is 19.0. The molecule has 1 aliphatic rings. The fourth-order valence-corrected chi connectivity index (χ4v) is 4.01. The molecule has 3 N–H and O–H groups in total. The van der Waals surface area contributed by atoms with Crippen molar-refractivity contribution >= 4 is 12.4 Å². The highest BCUT2D eigenvalue weighted by atomic mass is 35.5. The normalized spacial score (nSPS) is 17.9. The molecule has 5 heteroatoms. The predicted octanol–water partition coefficient (Wildman–Crippen LogP) is 4.37. The van der Waals surface area contributed by atoms with E-state index in [1.165, 1.54) is 5.56 Å². The van der Waals surface area contributed by atoms with E-state index in [0.29, 0.717) is 5.75 Å². The molecule has 2 rings (SSSR count). The molecule has 0 amide bonds. The van der Waals surface area contributed by atoms with Crippen molar-refractivity contribution in [1.29, 1.82) is 0 Å². The Balaban J connectivity index is 0.00000392. The summed E-state index contributed by atoms with van der Waals surface area (Å²) >= 11 is 0. The van der Waals surface area contributed by atoms with E-state index in [4.69, 9.17) is 0 Å². The van der Waals surface area contributed by atoms with E-state index in [-0.39, 0.29) is 41.3 Å². The lowest BCUT2D eigenvalue weighted by Gasteiger charge is -2.44. The maximum absolute atomic E-state index is 11.4. The molecule has 1 saturated heterocycles. The smallest absolute Gasteiger partial charge is 0.124 e. The van der Waals surface area contributed by atoms with Crippen LogP contribution in [-0.4, -0.2) is 47.9 Å². The molecule has 162 valence electrons. The number of benzene rings is 1. The van der Waals surface area contributed by atoms with Crippen LogP contribution in [0.2, 0.25) is 0 Å². The van der Waals surface area contributed by atoms with Gasteiger partial charge in [-0.15, -0.1) is 12.4 Å². The highest BCUT2D eigenvalue weighted by Gasteiger charge is 2.39. The van der Waals surface area contributed by atoms with Crippen molar-refractivity contribution in [2.45, 2.75) is 72.3 Å². The summed E-state index contributed by atoms with van der Waals surface area (Å²) in [6.07, 6.45) is 0. The zero-order chi connectivity index (χ0) is 20.6. The number of aromatic hydroxyl groups is 1. The van der Waals surface area contributed by atoms with Gasteiger partial charge in [0.1, 0.15) is 5.75 Å². The number of phenolic OH excluding ortho intramolecular Hbond substituents is 1. The Morgan fingerprint density at radius 3 is 1.93 bits per heavy atom. The van der Waals surface area contributed by atoms with Gasteiger partial charge in [-0.25, -0.2) is 0 Å². The van der Waals surface area contributed by atoms with E-state index in [9.17, 15) is 10.2 Å². The number of aliphatic hydroxyl groups excluding tert-OH is 1. The van der Waals surface area contributed by atoms with Gasteiger partial charge in [-0.2, -0.15) is 0 Å². The van der Waals surface area contributed by atoms with Crippen LogP contribution in [0.5, 0.6) is 5.75 Å². The third-order valence-corrected chi connectivity index (χ3v) is 5.77. The highest BCUT2D eigenvalue weighted by molar-refractivity contribution is 5.85. The van der Waals surface area contributed by atoms with Gasteiger partial charge in [-0.1, -0.05) is 61.5 Å². The highest BCUT2D eigenvalue weighted by Crippen LogP contribution is 2.46. The monoisotopic (exact) mass is 412 g/mol. The first kappa shape index (κ1) is 25.2. The fourth-order valence-electron chi connectivity index (χ4n) is 4.01. The summed E-state index contributed by atoms with van der Waals surface area (Å²) in [5.41, 5.74) is 2.64. The largest absolute Gasteiger partial charge is 0.507 e. The van der Waals surface area contributed by atoms with Gasteiger partial charge in [0, 0.05) is 49.8 Å². The second-order valence-electron chi connectivity index (χ2n) is 10.8. The second-order valence-corrected chi connectivity index (χ2v) is 10.8. The number of nitrogens with one attached hydrogen (secondary N) is 1. The number of nitrogens with zero attached hydrogens (tertiary/aromatic N) is 1. The number of aliphatic hydroxyl groups is 1. The summed E-state index contributed by atoms with van der Waals surface area (Å²) in [5.74, 6) is 0.389. The maximum Gasteiger partial charge on any atom is 0.124 e. The zero-order valence-corrected chi connectivity index (χ0v) is 19.8. The molecular formula is C23H41ClN2O2. The van der Waals surface area contributed by atoms with E-state index in [0.717, 1.165) is 37.3 Å². The molecule has 1 aliphatic heterocycles. The van der Waals surface area contributed by atoms with Gasteiger partial charge in [-0.3, -0.25) is 4.90 Å². The quantitative estimate of drug-likeness (QED) is 0.687. The first-order valence-electron chi connectivity index (χ1n) is 10.2. The minimum Gasteiger partial charge on any atom is -0.507 e. The molecule has 0 spiro atoms. The molecule has 1 aromatic carbocycles. The van der Waals surface area contributed by atoms with E-state index < -0.39 is 0 Å². The molecule has 4 nitrogen and oxygen atoms in total. The van der Waals surface area contributed by atoms with Gasteiger partial charge in [0.05, 0.1) is 0 Å². The van der Waals surface area contributed by atoms with Crippen molar-refractivity contribution in [3.8, 4) is 5.75 Å². The second kappa shape index (κ2) is 8.91. The average molecular weight is 413 g/mol. The van der Waals surface area contributed by atoms with Crippen molar-refractivity contribution in [2.75, 3.05) is 32.8 Å². The lowest BCUT2D eigenvalue weighted by molar-refractivity contribution is 0.0291. The summed E-state index contributed by atoms with van der Waals surface area (Å²) in [6, 6.07) is 4.31. The topological polar surface area (TPSA) is 55.7 Å². The molecule has 0 unspecified atom stereocenters. The lowest BCUT2D eigenvalue weighted by Crippen LogP contribution is -2.49. The van der Waals surface area contributed by atoms with Crippen molar-refractivity contribution in [2.24, 2.45) is 5.41 Å². The summed E-state index contributed by atoms with van der Waals surface area (Å²) < 4.78 is 0. The van der Waals surface area contributed by atoms with Crippen molar-refractivity contribution in [3.63, 3.8) is 0 Å². The molecule has 28 heavy (non-hydrogen) atoms. The number of rotatable bonds is 4. The Kier molecular flexibility index (Phi) is 8.03. The fraction of sp³-hybridized carbons (Fsp3) is 0.739. The van der Waals surface area contributed by atoms with Crippen LogP contribution in [0.4, 0.5) is 0 Å². The summed E-state index contributed by atoms with van der Waals surface area (Å²) in [7, 11) is 0. The molecule has 1 atom stereocenters. The van der Waals surface area contributed by atoms with E-state index in [1.807, 2.05) is 0 Å². The van der Waals surface area contributed by atoms with E-state index in [1.54, 1.807) is 0 Å². The van der Waals surface area contributed by atoms with Gasteiger partial charge in [0.25, 0.3) is 0 Å². The van der Waals surface area contributed by atoms with Crippen LogP contribution in [-0.2, 0) is 10.8 Å². The van der Waals surface area contributed by atoms with Crippen molar-refractivity contribution in [1.82, 2.24) is 10.2 Å². The van der Waals surface area contributed by atoms with E-state index >= 15 is 0 Å². The lowest BCUT2D eigenvalue weighted by atomic mass is 9.73. The first-order valence-corrected chi connectivity index (χ1v) is 10.2. The molecule has 0 radical (unpaired) electrons. The number of hydrogen-bond donors (Lipinski definition) is 3. The van der Waals surface area contributed by atoms with Crippen LogP contribution in [0.25, 0.3) is 0 Å². The Morgan fingerprint density at radius 2 is 1.50 bits per heavy atom. The van der Waals surface area contributed by atoms with E-state index in [2.05, 4.69) is 77.7 Å². The van der Waals surface area contributed by atoms with Gasteiger partial charge in [-0.05, 0) is 28.0 Å². The molecule has 0 aromatic heterocycles. The van der Waals surface area contributed by atoms with Crippen LogP contribution in [0.1, 0.15) is 78.1 Å². The number of hydrogen-bond acceptors (Lipinski definition) is 4. The SMILES string of the molecule is CC(C)(C)c1cc([C@@H](N2CCNCC2)C(C)(C)CO)c(O)c(C(C)(C)C)c1.Cl. The molecule has 0 bridgehead atoms. The summed E-state index contributed by atoms with van der Waals surface area (Å²) in [5, 5.41) is 24.9. The van der Waals surface area contributed by atoms with Crippen LogP contribution in [0.15, 0.2) is 12.1 Å². The Labute approximate surface area is 178 Å². The average Bonchev–Trinajstić information content (AvgIpc) is 2.55. The van der Waals surface area contributed by atoms with Crippen molar-refractivity contribution in [3.05, 3.63) is 28.8 Å². The molecule has 0 saturated carbocycles. The predicted molar refractivity (Wildman–Crippen MR) is 121 cm³/mol. The standard InChI is InChI=1S/C23H40N2O2.ClH/c1-21(2,3)16-13-17(19(27)18(14-16)22(4,5)6)20(23(7,8)15-26)25-11-9-24-10-12-25;/h13-14,20,24,26-27H,9-12,15H2,1-8H3;1H/t20-;/m1./s1. The Morgan fingerprint density at radius 1 is 0.964 bits per heavy atom. The van der Waals surface area contributed by atoms with Crippen LogP contribution in [0, 0.1) is 5.41 Å². The molecule has 0 aliphatic carbocycles. The minimum absolute atomic E-state index is 0. The van der Waals surface area contributed by atoms with Gasteiger partial charge in [0.2, 0.25) is 0 Å². The van der Waals surface area contributed by atoms with Crippen molar-refractivity contribution < 1.29 is 10.2 Å². The first-order chi connectivity index (χ1) is 12.3. The summed E-state index contributed by atoms with van der Waals surface area (Å²) in [6.45, 7) is 21.1. The Hall–Kier alpha value is -0.810. The van der Waals surface area contributed by atoms with Gasteiger partial charge >= 0.3 is 0 Å². The van der Waals surface area contributed by atoms with Crippen LogP contribution in [0.3, 0.4) is 0 Å². The molecule has 1 fully saturated rings. The number of phenols is 1. The van der Waals surface area contributed by atoms with Crippen LogP contribution < -0.4 is 5.32 Å². The van der Waals surface area contributed by atoms with Gasteiger partial charge in [0.15, 0.2) is 0 Å². The maximum atomic E-state index is 11.4. The minimum atomic E-state index is -0.361. The summed E-state index contributed by atoms with van der Waals surface area (Å²) in [4.78, 5) is 2.42. The third kappa shape index (κ3) is 5.41. The molecule has 1 heterocycles. The molecular weight excluding hydrogens is 372 g/mol. The Bertz CT molecular complexity index is 654. The third-order valence-electron chi connectivity index (χ3n) is 5.77. The molecule has 1 aromatic rings. The van der Waals surface area contributed by atoms with Crippen LogP contribution >= 0.6 is 12.4 Å². The number of halogens is 1. The van der Waals surface area contributed by atoms with Gasteiger partial charge < -0.3 is 15.5 Å². The number of piperazine rings is 1.